The van der Waals surface area contributed by atoms with E-state index in [4.69, 9.17) is 21.1 Å². The summed E-state index contributed by atoms with van der Waals surface area (Å²) in [7, 11) is -2.81. The monoisotopic (exact) mass is 400 g/mol. The standard InChI is InChI=1S/C18H25ClN2O4S/c19-16-9-14(18-15(10-16)12-24-13-25-18)11-20-3-1-17(2-4-20)21-5-7-26(22,23)8-6-21/h9-10,17H,1-8,11-13H2. The summed E-state index contributed by atoms with van der Waals surface area (Å²) in [5, 5.41) is 0.720. The van der Waals surface area contributed by atoms with Crippen molar-refractivity contribution in [3.05, 3.63) is 28.3 Å². The second kappa shape index (κ2) is 7.64. The normalized spacial score (nSPS) is 24.8. The molecule has 3 aliphatic rings. The molecule has 2 fully saturated rings. The first kappa shape index (κ1) is 18.5. The Balaban J connectivity index is 1.35. The van der Waals surface area contributed by atoms with Gasteiger partial charge in [-0.3, -0.25) is 9.80 Å². The zero-order chi connectivity index (χ0) is 18.1. The Morgan fingerprint density at radius 3 is 2.58 bits per heavy atom. The molecule has 0 amide bonds. The van der Waals surface area contributed by atoms with Crippen molar-refractivity contribution >= 4 is 21.4 Å². The second-order valence-corrected chi connectivity index (χ2v) is 10.1. The van der Waals surface area contributed by atoms with Gasteiger partial charge in [0.25, 0.3) is 0 Å². The van der Waals surface area contributed by atoms with E-state index in [2.05, 4.69) is 9.80 Å². The Morgan fingerprint density at radius 2 is 1.85 bits per heavy atom. The van der Waals surface area contributed by atoms with Crippen molar-refractivity contribution in [3.63, 3.8) is 0 Å². The number of piperidine rings is 1. The maximum Gasteiger partial charge on any atom is 0.189 e. The summed E-state index contributed by atoms with van der Waals surface area (Å²) in [6, 6.07) is 4.41. The number of ether oxygens (including phenoxy) is 2. The van der Waals surface area contributed by atoms with E-state index >= 15 is 0 Å². The van der Waals surface area contributed by atoms with Gasteiger partial charge in [0.1, 0.15) is 5.75 Å². The Morgan fingerprint density at radius 1 is 1.12 bits per heavy atom. The molecule has 0 spiro atoms. The van der Waals surface area contributed by atoms with Crippen LogP contribution in [0.1, 0.15) is 24.0 Å². The van der Waals surface area contributed by atoms with Gasteiger partial charge in [0.2, 0.25) is 0 Å². The average molecular weight is 401 g/mol. The molecule has 0 aromatic heterocycles. The average Bonchev–Trinajstić information content (AvgIpc) is 2.62. The van der Waals surface area contributed by atoms with Crippen LogP contribution in [0.4, 0.5) is 0 Å². The fourth-order valence-electron chi connectivity index (χ4n) is 4.15. The highest BCUT2D eigenvalue weighted by Gasteiger charge is 2.30. The second-order valence-electron chi connectivity index (χ2n) is 7.36. The van der Waals surface area contributed by atoms with Gasteiger partial charge in [-0.1, -0.05) is 11.6 Å². The number of fused-ring (bicyclic) bond motifs is 1. The molecule has 0 aliphatic carbocycles. The lowest BCUT2D eigenvalue weighted by Gasteiger charge is -2.40. The van der Waals surface area contributed by atoms with E-state index in [-0.39, 0.29) is 0 Å². The highest BCUT2D eigenvalue weighted by molar-refractivity contribution is 7.91. The van der Waals surface area contributed by atoms with Gasteiger partial charge in [0.15, 0.2) is 16.6 Å². The lowest BCUT2D eigenvalue weighted by atomic mass is 10.0. The molecule has 144 valence electrons. The minimum absolute atomic E-state index is 0.293. The topological polar surface area (TPSA) is 59.1 Å². The van der Waals surface area contributed by atoms with Crippen LogP contribution in [-0.4, -0.2) is 68.7 Å². The van der Waals surface area contributed by atoms with E-state index in [1.807, 2.05) is 12.1 Å². The Labute approximate surface area is 159 Å². The molecular formula is C18H25ClN2O4S. The molecule has 8 heteroatoms. The summed E-state index contributed by atoms with van der Waals surface area (Å²) in [6.07, 6.45) is 2.15. The fourth-order valence-corrected chi connectivity index (χ4v) is 5.64. The van der Waals surface area contributed by atoms with Gasteiger partial charge < -0.3 is 9.47 Å². The fraction of sp³-hybridized carbons (Fsp3) is 0.667. The van der Waals surface area contributed by atoms with Crippen LogP contribution in [0.15, 0.2) is 12.1 Å². The summed E-state index contributed by atoms with van der Waals surface area (Å²) in [5.41, 5.74) is 2.14. The van der Waals surface area contributed by atoms with Crippen LogP contribution in [0, 0.1) is 0 Å². The van der Waals surface area contributed by atoms with Crippen molar-refractivity contribution in [2.45, 2.75) is 32.0 Å². The van der Waals surface area contributed by atoms with Gasteiger partial charge in [-0.05, 0) is 38.1 Å². The van der Waals surface area contributed by atoms with E-state index in [0.29, 0.717) is 44.0 Å². The number of hydrogen-bond acceptors (Lipinski definition) is 6. The first-order chi connectivity index (χ1) is 12.5. The number of sulfone groups is 1. The molecule has 4 rings (SSSR count). The molecule has 0 radical (unpaired) electrons. The summed E-state index contributed by atoms with van der Waals surface area (Å²) >= 11 is 6.26. The molecule has 2 saturated heterocycles. The lowest BCUT2D eigenvalue weighted by Crippen LogP contribution is -2.50. The van der Waals surface area contributed by atoms with Crippen LogP contribution < -0.4 is 4.74 Å². The minimum Gasteiger partial charge on any atom is -0.467 e. The van der Waals surface area contributed by atoms with Gasteiger partial charge in [0, 0.05) is 41.8 Å². The SMILES string of the molecule is O=S1(=O)CCN(C2CCN(Cc3cc(Cl)cc4c3OCOC4)CC2)CC1. The summed E-state index contributed by atoms with van der Waals surface area (Å²) < 4.78 is 34.3. The van der Waals surface area contributed by atoms with Crippen LogP contribution in [-0.2, 0) is 27.7 Å². The third-order valence-electron chi connectivity index (χ3n) is 5.60. The molecule has 1 aromatic rings. The third-order valence-corrected chi connectivity index (χ3v) is 7.43. The number of rotatable bonds is 3. The van der Waals surface area contributed by atoms with Crippen molar-refractivity contribution < 1.29 is 17.9 Å². The maximum atomic E-state index is 11.6. The molecule has 0 bridgehead atoms. The zero-order valence-corrected chi connectivity index (χ0v) is 16.4. The Hall–Kier alpha value is -0.860. The van der Waals surface area contributed by atoms with E-state index < -0.39 is 9.84 Å². The number of nitrogens with zero attached hydrogens (tertiary/aromatic N) is 2. The van der Waals surface area contributed by atoms with Crippen molar-refractivity contribution in [2.24, 2.45) is 0 Å². The zero-order valence-electron chi connectivity index (χ0n) is 14.8. The van der Waals surface area contributed by atoms with Crippen LogP contribution in [0.5, 0.6) is 5.75 Å². The maximum absolute atomic E-state index is 11.6. The van der Waals surface area contributed by atoms with Crippen LogP contribution >= 0.6 is 11.6 Å². The first-order valence-electron chi connectivity index (χ1n) is 9.19. The molecule has 0 atom stereocenters. The van der Waals surface area contributed by atoms with E-state index in [1.165, 1.54) is 0 Å². The Bertz CT molecular complexity index is 749. The quantitative estimate of drug-likeness (QED) is 0.772. The van der Waals surface area contributed by atoms with Crippen molar-refractivity contribution in [1.29, 1.82) is 0 Å². The van der Waals surface area contributed by atoms with Gasteiger partial charge in [0.05, 0.1) is 18.1 Å². The van der Waals surface area contributed by atoms with Crippen molar-refractivity contribution in [3.8, 4) is 5.75 Å². The predicted molar refractivity (Wildman–Crippen MR) is 100 cm³/mol. The van der Waals surface area contributed by atoms with E-state index in [0.717, 1.165) is 54.4 Å². The van der Waals surface area contributed by atoms with Gasteiger partial charge >= 0.3 is 0 Å². The highest BCUT2D eigenvalue weighted by atomic mass is 35.5. The van der Waals surface area contributed by atoms with Crippen molar-refractivity contribution in [1.82, 2.24) is 9.80 Å². The number of hydrogen-bond donors (Lipinski definition) is 0. The molecule has 0 N–H and O–H groups in total. The minimum atomic E-state index is -2.81. The molecule has 3 heterocycles. The van der Waals surface area contributed by atoms with E-state index in [9.17, 15) is 8.42 Å². The van der Waals surface area contributed by atoms with Crippen LogP contribution in [0.3, 0.4) is 0 Å². The molecule has 26 heavy (non-hydrogen) atoms. The number of likely N-dealkylation sites (tertiary alicyclic amines) is 1. The summed E-state index contributed by atoms with van der Waals surface area (Å²) in [5.74, 6) is 1.53. The van der Waals surface area contributed by atoms with Crippen LogP contribution in [0.25, 0.3) is 0 Å². The molecule has 1 aromatic carbocycles. The number of halogens is 1. The largest absolute Gasteiger partial charge is 0.467 e. The molecule has 0 saturated carbocycles. The van der Waals surface area contributed by atoms with Crippen LogP contribution in [0.2, 0.25) is 5.02 Å². The molecule has 3 aliphatic heterocycles. The summed E-state index contributed by atoms with van der Waals surface area (Å²) in [4.78, 5) is 4.79. The number of benzene rings is 1. The predicted octanol–water partition coefficient (Wildman–Crippen LogP) is 1.90. The van der Waals surface area contributed by atoms with Crippen molar-refractivity contribution in [2.75, 3.05) is 44.5 Å². The lowest BCUT2D eigenvalue weighted by molar-refractivity contribution is -0.0176. The van der Waals surface area contributed by atoms with Gasteiger partial charge in [-0.25, -0.2) is 8.42 Å². The van der Waals surface area contributed by atoms with Gasteiger partial charge in [-0.15, -0.1) is 0 Å². The highest BCUT2D eigenvalue weighted by Crippen LogP contribution is 2.33. The summed E-state index contributed by atoms with van der Waals surface area (Å²) in [6.45, 7) is 5.04. The molecule has 0 unspecified atom stereocenters. The smallest absolute Gasteiger partial charge is 0.189 e. The first-order valence-corrected chi connectivity index (χ1v) is 11.4. The molecular weight excluding hydrogens is 376 g/mol. The van der Waals surface area contributed by atoms with Gasteiger partial charge in [-0.2, -0.15) is 0 Å². The Kier molecular flexibility index (Phi) is 5.43. The molecule has 6 nitrogen and oxygen atoms in total. The third kappa shape index (κ3) is 4.17. The van der Waals surface area contributed by atoms with E-state index in [1.54, 1.807) is 0 Å².